The predicted molar refractivity (Wildman–Crippen MR) is 165 cm³/mol. The van der Waals surface area contributed by atoms with Gasteiger partial charge in [0.05, 0.1) is 23.7 Å². The van der Waals surface area contributed by atoms with Gasteiger partial charge in [-0.25, -0.2) is 14.6 Å². The number of rotatable bonds is 6. The number of non-ortho nitro benzene ring substituents is 1. The van der Waals surface area contributed by atoms with Gasteiger partial charge >= 0.3 is 11.8 Å². The van der Waals surface area contributed by atoms with Gasteiger partial charge in [-0.05, 0) is 46.6 Å². The number of nitro benzene ring substituents is 1. The second-order valence-corrected chi connectivity index (χ2v) is 11.7. The van der Waals surface area contributed by atoms with Crippen molar-refractivity contribution in [3.63, 3.8) is 0 Å². The monoisotopic (exact) mass is 602 g/mol. The normalized spacial score (nSPS) is 15.2. The van der Waals surface area contributed by atoms with Crippen LogP contribution in [0, 0.1) is 22.0 Å². The summed E-state index contributed by atoms with van der Waals surface area (Å²) in [5.41, 5.74) is -1.09. The Bertz CT molecular complexity index is 1960. The summed E-state index contributed by atoms with van der Waals surface area (Å²) in [6.07, 6.45) is 0.992. The van der Waals surface area contributed by atoms with E-state index in [1.807, 2.05) is 4.90 Å². The lowest BCUT2D eigenvalue weighted by Crippen LogP contribution is -2.49. The minimum Gasteiger partial charge on any atom is -0.444 e. The molecule has 1 N–H and O–H groups in total. The van der Waals surface area contributed by atoms with Crippen LogP contribution >= 0.6 is 0 Å². The minimum absolute atomic E-state index is 0.150. The van der Waals surface area contributed by atoms with Gasteiger partial charge in [0, 0.05) is 37.6 Å². The minimum atomic E-state index is -0.632. The third kappa shape index (κ3) is 5.98. The lowest BCUT2D eigenvalue weighted by molar-refractivity contribution is -0.383. The van der Waals surface area contributed by atoms with Crippen LogP contribution in [0.25, 0.3) is 22.1 Å². The molecule has 230 valence electrons. The second kappa shape index (κ2) is 11.8. The van der Waals surface area contributed by atoms with Crippen molar-refractivity contribution in [3.8, 4) is 11.8 Å². The van der Waals surface area contributed by atoms with E-state index < -0.39 is 27.9 Å². The first-order valence-electron chi connectivity index (χ1n) is 14.2. The van der Waals surface area contributed by atoms with Crippen molar-refractivity contribution >= 4 is 39.8 Å². The molecule has 1 aliphatic heterocycles. The molecule has 3 aromatic heterocycles. The van der Waals surface area contributed by atoms with Crippen LogP contribution < -0.4 is 21.5 Å². The predicted octanol–water partition coefficient (Wildman–Crippen LogP) is 2.92. The molecule has 1 amide bonds. The molecule has 14 heteroatoms. The number of ether oxygens (including phenoxy) is 1. The Kier molecular flexibility index (Phi) is 8.14. The number of carbonyl (C=O) groups is 1. The number of aryl methyl sites for hydroxylation is 1. The lowest BCUT2D eigenvalue weighted by atomic mass is 10.1. The van der Waals surface area contributed by atoms with Crippen molar-refractivity contribution in [2.45, 2.75) is 65.3 Å². The average molecular weight is 603 g/mol. The summed E-state index contributed by atoms with van der Waals surface area (Å²) in [6.45, 7) is 8.09. The van der Waals surface area contributed by atoms with Crippen molar-refractivity contribution in [2.24, 2.45) is 7.05 Å². The molecular weight excluding hydrogens is 568 g/mol. The first-order chi connectivity index (χ1) is 20.9. The summed E-state index contributed by atoms with van der Waals surface area (Å²) >= 11 is 0. The Hall–Kier alpha value is -5.19. The fraction of sp³-hybridized carbons (Fsp3) is 0.433. The van der Waals surface area contributed by atoms with Gasteiger partial charge in [-0.15, -0.1) is 5.92 Å². The highest BCUT2D eigenvalue weighted by Crippen LogP contribution is 2.25. The van der Waals surface area contributed by atoms with Gasteiger partial charge in [0.15, 0.2) is 11.2 Å². The highest BCUT2D eigenvalue weighted by molar-refractivity contribution is 5.87. The van der Waals surface area contributed by atoms with Crippen LogP contribution in [0.15, 0.2) is 39.9 Å². The number of hydrogen-bond acceptors (Lipinski definition) is 9. The smallest absolute Gasteiger partial charge is 0.407 e. The van der Waals surface area contributed by atoms with Crippen molar-refractivity contribution in [1.29, 1.82) is 0 Å². The van der Waals surface area contributed by atoms with E-state index in [1.165, 1.54) is 17.7 Å². The molecule has 0 aliphatic carbocycles. The molecule has 4 heterocycles. The first kappa shape index (κ1) is 30.3. The zero-order chi connectivity index (χ0) is 31.8. The third-order valence-corrected chi connectivity index (χ3v) is 7.32. The maximum atomic E-state index is 14.0. The molecule has 0 spiro atoms. The number of benzene rings is 1. The molecule has 1 saturated heterocycles. The SMILES string of the molecule is CC#CCn1c(N2CCC[C@@H](NC(=O)OC(C)(C)C)C2)nc2c1c(=O)n(Cc1ccc3cccc([N+](=O)[O-])c3n1)c(=O)n2C. The maximum absolute atomic E-state index is 14.0. The van der Waals surface area contributed by atoms with E-state index in [0.717, 1.165) is 17.4 Å². The number of amides is 1. The zero-order valence-corrected chi connectivity index (χ0v) is 25.3. The number of hydrogen-bond donors (Lipinski definition) is 1. The van der Waals surface area contributed by atoms with E-state index in [-0.39, 0.29) is 41.5 Å². The van der Waals surface area contributed by atoms with E-state index in [9.17, 15) is 24.5 Å². The van der Waals surface area contributed by atoms with Crippen LogP contribution in [-0.4, -0.2) is 59.4 Å². The molecule has 5 rings (SSSR count). The molecule has 0 saturated carbocycles. The molecule has 44 heavy (non-hydrogen) atoms. The number of alkyl carbamates (subject to hydrolysis) is 1. The summed E-state index contributed by atoms with van der Waals surface area (Å²) in [7, 11) is 1.54. The van der Waals surface area contributed by atoms with Crippen LogP contribution in [0.5, 0.6) is 0 Å². The number of pyridine rings is 1. The van der Waals surface area contributed by atoms with Crippen molar-refractivity contribution in [2.75, 3.05) is 18.0 Å². The number of piperidine rings is 1. The van der Waals surface area contributed by atoms with Crippen LogP contribution in [0.3, 0.4) is 0 Å². The molecule has 0 bridgehead atoms. The fourth-order valence-corrected chi connectivity index (χ4v) is 5.37. The number of aromatic nitrogens is 5. The fourth-order valence-electron chi connectivity index (χ4n) is 5.37. The quantitative estimate of drug-likeness (QED) is 0.199. The van der Waals surface area contributed by atoms with Gasteiger partial charge in [-0.1, -0.05) is 24.1 Å². The van der Waals surface area contributed by atoms with E-state index in [4.69, 9.17) is 9.72 Å². The highest BCUT2D eigenvalue weighted by atomic mass is 16.6. The summed E-state index contributed by atoms with van der Waals surface area (Å²) in [4.78, 5) is 62.1. The van der Waals surface area contributed by atoms with Gasteiger partial charge < -0.3 is 15.0 Å². The lowest BCUT2D eigenvalue weighted by Gasteiger charge is -2.34. The average Bonchev–Trinajstić information content (AvgIpc) is 3.35. The maximum Gasteiger partial charge on any atom is 0.407 e. The number of nitrogens with one attached hydrogen (secondary N) is 1. The van der Waals surface area contributed by atoms with Crippen molar-refractivity contribution in [3.05, 3.63) is 67.0 Å². The van der Waals surface area contributed by atoms with Gasteiger partial charge in [0.1, 0.15) is 11.1 Å². The van der Waals surface area contributed by atoms with Crippen LogP contribution in [-0.2, 0) is 24.9 Å². The van der Waals surface area contributed by atoms with E-state index in [1.54, 1.807) is 56.5 Å². The van der Waals surface area contributed by atoms with Gasteiger partial charge in [-0.2, -0.15) is 4.98 Å². The largest absolute Gasteiger partial charge is 0.444 e. The number of fused-ring (bicyclic) bond motifs is 2. The summed E-state index contributed by atoms with van der Waals surface area (Å²) in [5.74, 6) is 6.32. The number of imidazole rings is 1. The number of anilines is 1. The molecule has 0 radical (unpaired) electrons. The van der Waals surface area contributed by atoms with Crippen molar-refractivity contribution < 1.29 is 14.5 Å². The molecule has 1 aliphatic rings. The van der Waals surface area contributed by atoms with E-state index in [2.05, 4.69) is 22.1 Å². The molecular formula is C30H34N8O6. The number of para-hydroxylation sites is 1. The topological polar surface area (TPSA) is 159 Å². The Morgan fingerprint density at radius 3 is 2.66 bits per heavy atom. The summed E-state index contributed by atoms with van der Waals surface area (Å²) in [5, 5.41) is 15.1. The van der Waals surface area contributed by atoms with Crippen molar-refractivity contribution in [1.82, 2.24) is 29.0 Å². The molecule has 14 nitrogen and oxygen atoms in total. The molecule has 1 fully saturated rings. The molecule has 1 atom stereocenters. The van der Waals surface area contributed by atoms with Crippen LogP contribution in [0.2, 0.25) is 0 Å². The Morgan fingerprint density at radius 2 is 1.95 bits per heavy atom. The number of nitro groups is 1. The van der Waals surface area contributed by atoms with E-state index in [0.29, 0.717) is 30.1 Å². The molecule has 1 aromatic carbocycles. The standard InChI is InChI=1S/C30H34N8O6/c1-6-7-16-36-24-25(33-27(36)35-15-9-11-20(17-35)32-28(40)44-30(2,3)4)34(5)29(41)37(26(24)39)18-21-14-13-19-10-8-12-22(38(42)43)23(19)31-21/h8,10,12-14,20H,9,11,15-18H2,1-5H3,(H,32,40)/t20-/m1/s1. The van der Waals surface area contributed by atoms with E-state index >= 15 is 0 Å². The molecule has 4 aromatic rings. The number of carbonyl (C=O) groups excluding carboxylic acids is 1. The van der Waals surface area contributed by atoms with Crippen LogP contribution in [0.1, 0.15) is 46.2 Å². The Labute approximate surface area is 252 Å². The Balaban J connectivity index is 1.56. The van der Waals surface area contributed by atoms with Gasteiger partial charge in [0.2, 0.25) is 5.95 Å². The zero-order valence-electron chi connectivity index (χ0n) is 25.3. The summed E-state index contributed by atoms with van der Waals surface area (Å²) in [6, 6.07) is 7.74. The second-order valence-electron chi connectivity index (χ2n) is 11.7. The van der Waals surface area contributed by atoms with Gasteiger partial charge in [-0.3, -0.25) is 28.6 Å². The number of nitrogens with zero attached hydrogens (tertiary/aromatic N) is 7. The first-order valence-corrected chi connectivity index (χ1v) is 14.2. The van der Waals surface area contributed by atoms with Gasteiger partial charge in [0.25, 0.3) is 11.2 Å². The highest BCUT2D eigenvalue weighted by Gasteiger charge is 2.29. The van der Waals surface area contributed by atoms with Crippen LogP contribution in [0.4, 0.5) is 16.4 Å². The Morgan fingerprint density at radius 1 is 1.18 bits per heavy atom. The third-order valence-electron chi connectivity index (χ3n) is 7.32. The summed E-state index contributed by atoms with van der Waals surface area (Å²) < 4.78 is 9.48. The molecule has 0 unspecified atom stereocenters.